The first-order valence-electron chi connectivity index (χ1n) is 10.5. The second kappa shape index (κ2) is 10.5. The Kier molecular flexibility index (Phi) is 7.55. The summed E-state index contributed by atoms with van der Waals surface area (Å²) < 4.78 is 10.4. The number of benzene rings is 2. The van der Waals surface area contributed by atoms with E-state index < -0.39 is 30.3 Å². The predicted octanol–water partition coefficient (Wildman–Crippen LogP) is 2.85. The number of nitrogens with one attached hydrogen (secondary N) is 1. The van der Waals surface area contributed by atoms with Crippen molar-refractivity contribution in [2.45, 2.75) is 26.2 Å². The van der Waals surface area contributed by atoms with E-state index >= 15 is 0 Å². The molecule has 3 amide bonds. The van der Waals surface area contributed by atoms with Gasteiger partial charge in [-0.3, -0.25) is 28.9 Å². The van der Waals surface area contributed by atoms with Crippen molar-refractivity contribution in [3.8, 4) is 5.75 Å². The van der Waals surface area contributed by atoms with Crippen molar-refractivity contribution in [3.63, 3.8) is 0 Å². The fourth-order valence-corrected chi connectivity index (χ4v) is 3.17. The molecule has 33 heavy (non-hydrogen) atoms. The maximum atomic E-state index is 12.2. The van der Waals surface area contributed by atoms with Crippen LogP contribution in [0.2, 0.25) is 0 Å². The number of imide groups is 1. The van der Waals surface area contributed by atoms with Crippen molar-refractivity contribution < 1.29 is 33.4 Å². The summed E-state index contributed by atoms with van der Waals surface area (Å²) in [6.07, 6.45) is 0.665. The van der Waals surface area contributed by atoms with Crippen molar-refractivity contribution >= 4 is 35.2 Å². The Hall–Kier alpha value is -4.01. The van der Waals surface area contributed by atoms with E-state index in [-0.39, 0.29) is 29.8 Å². The zero-order valence-electron chi connectivity index (χ0n) is 18.4. The van der Waals surface area contributed by atoms with Crippen LogP contribution in [-0.2, 0) is 14.3 Å². The normalized spacial score (nSPS) is 12.4. The molecule has 0 saturated carbocycles. The van der Waals surface area contributed by atoms with Crippen LogP contribution in [0.15, 0.2) is 42.5 Å². The van der Waals surface area contributed by atoms with Gasteiger partial charge in [0.15, 0.2) is 12.4 Å². The Morgan fingerprint density at radius 1 is 0.939 bits per heavy atom. The number of ketones is 1. The number of nitrogens with zero attached hydrogens (tertiary/aromatic N) is 1. The standard InChI is InChI=1S/C24H24N2O7/c1-3-12-32-17-7-4-15(5-8-17)20(27)10-11-22(29)33-14-21(28)25-16-6-9-18-19(13-16)24(31)26(2)23(18)30/h4-9,13H,3,10-12,14H2,1-2H3,(H,25,28). The quantitative estimate of drug-likeness (QED) is 0.334. The molecule has 0 saturated heterocycles. The van der Waals surface area contributed by atoms with Gasteiger partial charge in [0, 0.05) is 24.7 Å². The van der Waals surface area contributed by atoms with Gasteiger partial charge in [-0.15, -0.1) is 0 Å². The molecule has 0 aliphatic carbocycles. The van der Waals surface area contributed by atoms with Crippen LogP contribution < -0.4 is 10.1 Å². The number of fused-ring (bicyclic) bond motifs is 1. The van der Waals surface area contributed by atoms with Crippen LogP contribution >= 0.6 is 0 Å². The van der Waals surface area contributed by atoms with E-state index in [4.69, 9.17) is 9.47 Å². The molecule has 1 aliphatic rings. The molecule has 9 heteroatoms. The lowest BCUT2D eigenvalue weighted by Crippen LogP contribution is -2.24. The Morgan fingerprint density at radius 2 is 1.64 bits per heavy atom. The number of Topliss-reactive ketones (excluding diaryl/α,β-unsaturated/α-hetero) is 1. The summed E-state index contributed by atoms with van der Waals surface area (Å²) in [5.41, 5.74) is 1.22. The van der Waals surface area contributed by atoms with Gasteiger partial charge in [-0.25, -0.2) is 0 Å². The van der Waals surface area contributed by atoms with Gasteiger partial charge in [-0.05, 0) is 48.9 Å². The molecule has 0 atom stereocenters. The summed E-state index contributed by atoms with van der Waals surface area (Å²) in [7, 11) is 1.38. The topological polar surface area (TPSA) is 119 Å². The van der Waals surface area contributed by atoms with E-state index in [1.807, 2.05) is 6.92 Å². The molecule has 2 aromatic carbocycles. The summed E-state index contributed by atoms with van der Waals surface area (Å²) >= 11 is 0. The summed E-state index contributed by atoms with van der Waals surface area (Å²) in [6, 6.07) is 11.0. The summed E-state index contributed by atoms with van der Waals surface area (Å²) in [5.74, 6) is -1.70. The molecule has 0 bridgehead atoms. The second-order valence-electron chi connectivity index (χ2n) is 7.43. The van der Waals surface area contributed by atoms with Gasteiger partial charge in [0.05, 0.1) is 24.2 Å². The summed E-state index contributed by atoms with van der Waals surface area (Å²) in [6.45, 7) is 2.05. The number of carbonyl (C=O) groups is 5. The molecule has 172 valence electrons. The molecule has 0 unspecified atom stereocenters. The van der Waals surface area contributed by atoms with Crippen LogP contribution in [0.25, 0.3) is 0 Å². The van der Waals surface area contributed by atoms with E-state index in [9.17, 15) is 24.0 Å². The number of ether oxygens (including phenoxy) is 2. The minimum atomic E-state index is -0.683. The number of hydrogen-bond donors (Lipinski definition) is 1. The highest BCUT2D eigenvalue weighted by molar-refractivity contribution is 6.21. The first kappa shape index (κ1) is 23.6. The van der Waals surface area contributed by atoms with Crippen molar-refractivity contribution in [2.24, 2.45) is 0 Å². The number of esters is 1. The number of anilines is 1. The second-order valence-corrected chi connectivity index (χ2v) is 7.43. The fraction of sp³-hybridized carbons (Fsp3) is 0.292. The highest BCUT2D eigenvalue weighted by Crippen LogP contribution is 2.24. The van der Waals surface area contributed by atoms with Crippen LogP contribution in [0.4, 0.5) is 5.69 Å². The smallest absolute Gasteiger partial charge is 0.306 e. The van der Waals surface area contributed by atoms with Crippen molar-refractivity contribution in [3.05, 3.63) is 59.2 Å². The fourth-order valence-electron chi connectivity index (χ4n) is 3.17. The molecular formula is C24H24N2O7. The average Bonchev–Trinajstić information content (AvgIpc) is 3.03. The van der Waals surface area contributed by atoms with Gasteiger partial charge in [0.1, 0.15) is 5.75 Å². The van der Waals surface area contributed by atoms with Gasteiger partial charge >= 0.3 is 5.97 Å². The largest absolute Gasteiger partial charge is 0.494 e. The van der Waals surface area contributed by atoms with E-state index in [0.717, 1.165) is 11.3 Å². The molecule has 1 N–H and O–H groups in total. The average molecular weight is 452 g/mol. The maximum Gasteiger partial charge on any atom is 0.306 e. The maximum absolute atomic E-state index is 12.2. The van der Waals surface area contributed by atoms with Crippen LogP contribution in [0, 0.1) is 0 Å². The molecule has 9 nitrogen and oxygen atoms in total. The third-order valence-corrected chi connectivity index (χ3v) is 4.94. The van der Waals surface area contributed by atoms with Crippen LogP contribution in [0.5, 0.6) is 5.75 Å². The highest BCUT2D eigenvalue weighted by Gasteiger charge is 2.32. The Labute approximate surface area is 190 Å². The van der Waals surface area contributed by atoms with Crippen molar-refractivity contribution in [2.75, 3.05) is 25.6 Å². The lowest BCUT2D eigenvalue weighted by molar-refractivity contribution is -0.147. The van der Waals surface area contributed by atoms with Crippen molar-refractivity contribution in [1.82, 2.24) is 4.90 Å². The van der Waals surface area contributed by atoms with Crippen LogP contribution in [0.1, 0.15) is 57.3 Å². The van der Waals surface area contributed by atoms with Crippen molar-refractivity contribution in [1.29, 1.82) is 0 Å². The first-order chi connectivity index (χ1) is 15.8. The van der Waals surface area contributed by atoms with E-state index in [0.29, 0.717) is 23.6 Å². The minimum Gasteiger partial charge on any atom is -0.494 e. The third-order valence-electron chi connectivity index (χ3n) is 4.94. The van der Waals surface area contributed by atoms with Gasteiger partial charge < -0.3 is 14.8 Å². The minimum absolute atomic E-state index is 0.0515. The van der Waals surface area contributed by atoms with E-state index in [2.05, 4.69) is 5.32 Å². The molecule has 0 radical (unpaired) electrons. The highest BCUT2D eigenvalue weighted by atomic mass is 16.5. The van der Waals surface area contributed by atoms with Gasteiger partial charge in [-0.2, -0.15) is 0 Å². The third kappa shape index (κ3) is 5.82. The zero-order valence-corrected chi connectivity index (χ0v) is 18.4. The Balaban J connectivity index is 1.43. The number of amides is 3. The lowest BCUT2D eigenvalue weighted by atomic mass is 10.1. The number of hydrogen-bond acceptors (Lipinski definition) is 7. The SMILES string of the molecule is CCCOc1ccc(C(=O)CCC(=O)OCC(=O)Nc2ccc3c(c2)C(=O)N(C)C3=O)cc1. The number of rotatable bonds is 10. The zero-order chi connectivity index (χ0) is 24.0. The predicted molar refractivity (Wildman–Crippen MR) is 118 cm³/mol. The Morgan fingerprint density at radius 3 is 2.33 bits per heavy atom. The van der Waals surface area contributed by atoms with Gasteiger partial charge in [-0.1, -0.05) is 6.92 Å². The molecule has 2 aromatic rings. The van der Waals surface area contributed by atoms with E-state index in [1.54, 1.807) is 24.3 Å². The molecule has 3 rings (SSSR count). The van der Waals surface area contributed by atoms with Gasteiger partial charge in [0.25, 0.3) is 17.7 Å². The molecule has 0 aromatic heterocycles. The molecule has 0 fully saturated rings. The molecule has 1 heterocycles. The van der Waals surface area contributed by atoms with Crippen LogP contribution in [-0.4, -0.2) is 54.6 Å². The number of carbonyl (C=O) groups excluding carboxylic acids is 5. The first-order valence-corrected chi connectivity index (χ1v) is 10.5. The molecule has 0 spiro atoms. The van der Waals surface area contributed by atoms with E-state index in [1.165, 1.54) is 25.2 Å². The monoisotopic (exact) mass is 452 g/mol. The lowest BCUT2D eigenvalue weighted by Gasteiger charge is -2.08. The summed E-state index contributed by atoms with van der Waals surface area (Å²) in [5, 5.41) is 2.51. The van der Waals surface area contributed by atoms with Gasteiger partial charge in [0.2, 0.25) is 0 Å². The summed E-state index contributed by atoms with van der Waals surface area (Å²) in [4.78, 5) is 61.1. The Bertz CT molecular complexity index is 1090. The molecular weight excluding hydrogens is 428 g/mol. The molecule has 1 aliphatic heterocycles. The van der Waals surface area contributed by atoms with Crippen LogP contribution in [0.3, 0.4) is 0 Å².